The van der Waals surface area contributed by atoms with Crippen LogP contribution in [-0.2, 0) is 10.3 Å². The number of hydrogen-bond donors (Lipinski definition) is 1. The van der Waals surface area contributed by atoms with Crippen LogP contribution in [0.5, 0.6) is 0 Å². The first-order valence-electron chi connectivity index (χ1n) is 3.47. The number of hydrogen-bond acceptors (Lipinski definition) is 4. The van der Waals surface area contributed by atoms with E-state index in [0.29, 0.717) is 0 Å². The van der Waals surface area contributed by atoms with E-state index >= 15 is 0 Å². The van der Waals surface area contributed by atoms with Crippen molar-refractivity contribution in [3.05, 3.63) is 6.33 Å². The van der Waals surface area contributed by atoms with Gasteiger partial charge in [0, 0.05) is 0 Å². The summed E-state index contributed by atoms with van der Waals surface area (Å²) < 4.78 is 1.43. The Hall–Kier alpha value is -1.46. The highest BCUT2D eigenvalue weighted by Gasteiger charge is 2.24. The second-order valence-electron chi connectivity index (χ2n) is 3.14. The van der Waals surface area contributed by atoms with E-state index in [2.05, 4.69) is 15.5 Å². The maximum Gasteiger partial charge on any atom is 0.305 e. The van der Waals surface area contributed by atoms with Crippen molar-refractivity contribution < 1.29 is 9.90 Å². The summed E-state index contributed by atoms with van der Waals surface area (Å²) in [4.78, 5) is 10.4. The average Bonchev–Trinajstić information content (AvgIpc) is 2.32. The first kappa shape index (κ1) is 8.63. The molecule has 0 saturated heterocycles. The van der Waals surface area contributed by atoms with E-state index in [4.69, 9.17) is 5.11 Å². The molecule has 1 rings (SSSR count). The molecule has 0 aliphatic heterocycles. The average molecular weight is 170 g/mol. The van der Waals surface area contributed by atoms with Gasteiger partial charge in [0.2, 0.25) is 0 Å². The molecule has 66 valence electrons. The Morgan fingerprint density at radius 1 is 1.67 bits per heavy atom. The molecule has 1 aromatic rings. The molecule has 0 aliphatic rings. The van der Waals surface area contributed by atoms with Gasteiger partial charge in [-0.3, -0.25) is 4.79 Å². The molecule has 0 unspecified atom stereocenters. The van der Waals surface area contributed by atoms with Crippen molar-refractivity contribution in [2.24, 2.45) is 0 Å². The molecule has 0 aliphatic carbocycles. The summed E-state index contributed by atoms with van der Waals surface area (Å²) in [6, 6.07) is 0. The minimum Gasteiger partial charge on any atom is -0.481 e. The molecule has 1 aromatic heterocycles. The van der Waals surface area contributed by atoms with Crippen LogP contribution >= 0.6 is 0 Å². The second kappa shape index (κ2) is 2.88. The van der Waals surface area contributed by atoms with Crippen LogP contribution < -0.4 is 0 Å². The molecule has 1 N–H and O–H groups in total. The third-order valence-corrected chi connectivity index (χ3v) is 1.55. The van der Waals surface area contributed by atoms with Crippen LogP contribution in [-0.4, -0.2) is 31.3 Å². The van der Waals surface area contributed by atoms with E-state index < -0.39 is 11.5 Å². The minimum atomic E-state index is -0.865. The van der Waals surface area contributed by atoms with Gasteiger partial charge in [0.1, 0.15) is 6.33 Å². The molecule has 0 amide bonds. The number of aliphatic carboxylic acids is 1. The lowest BCUT2D eigenvalue weighted by Gasteiger charge is -2.20. The van der Waals surface area contributed by atoms with Gasteiger partial charge >= 0.3 is 5.97 Å². The number of rotatable bonds is 3. The summed E-state index contributed by atoms with van der Waals surface area (Å²) >= 11 is 0. The zero-order valence-corrected chi connectivity index (χ0v) is 6.93. The number of carboxylic acids is 1. The van der Waals surface area contributed by atoms with Gasteiger partial charge in [-0.25, -0.2) is 4.68 Å². The molecule has 0 fully saturated rings. The summed E-state index contributed by atoms with van der Waals surface area (Å²) in [5, 5.41) is 19.1. The lowest BCUT2D eigenvalue weighted by Crippen LogP contribution is -2.29. The van der Waals surface area contributed by atoms with Crippen LogP contribution in [0.25, 0.3) is 0 Å². The Kier molecular flexibility index (Phi) is 2.07. The van der Waals surface area contributed by atoms with Crippen molar-refractivity contribution in [3.63, 3.8) is 0 Å². The Morgan fingerprint density at radius 3 is 2.75 bits per heavy atom. The molecular weight excluding hydrogens is 160 g/mol. The van der Waals surface area contributed by atoms with E-state index in [0.717, 1.165) is 0 Å². The van der Waals surface area contributed by atoms with Crippen LogP contribution in [0.1, 0.15) is 20.3 Å². The minimum absolute atomic E-state index is 0.00194. The monoisotopic (exact) mass is 170 g/mol. The van der Waals surface area contributed by atoms with Gasteiger partial charge in [-0.05, 0) is 24.3 Å². The fourth-order valence-corrected chi connectivity index (χ4v) is 0.890. The van der Waals surface area contributed by atoms with Crippen LogP contribution in [0.4, 0.5) is 0 Å². The largest absolute Gasteiger partial charge is 0.481 e. The number of carboxylic acid groups (broad SMARTS) is 1. The second-order valence-corrected chi connectivity index (χ2v) is 3.14. The van der Waals surface area contributed by atoms with Crippen LogP contribution in [0.15, 0.2) is 6.33 Å². The van der Waals surface area contributed by atoms with Gasteiger partial charge in [-0.1, -0.05) is 0 Å². The molecule has 12 heavy (non-hydrogen) atoms. The smallest absolute Gasteiger partial charge is 0.305 e. The van der Waals surface area contributed by atoms with Crippen molar-refractivity contribution >= 4 is 5.97 Å². The lowest BCUT2D eigenvalue weighted by atomic mass is 10.0. The Morgan fingerprint density at radius 2 is 2.33 bits per heavy atom. The molecule has 6 heteroatoms. The van der Waals surface area contributed by atoms with Gasteiger partial charge in [-0.15, -0.1) is 5.10 Å². The number of carbonyl (C=O) groups is 1. The van der Waals surface area contributed by atoms with Crippen LogP contribution in [0, 0.1) is 0 Å². The van der Waals surface area contributed by atoms with E-state index in [-0.39, 0.29) is 6.42 Å². The van der Waals surface area contributed by atoms with Crippen LogP contribution in [0.2, 0.25) is 0 Å². The molecular formula is C6H10N4O2. The maximum absolute atomic E-state index is 10.4. The summed E-state index contributed by atoms with van der Waals surface area (Å²) in [5.74, 6) is -0.865. The summed E-state index contributed by atoms with van der Waals surface area (Å²) in [7, 11) is 0. The Balaban J connectivity index is 2.79. The highest BCUT2D eigenvalue weighted by Crippen LogP contribution is 2.16. The fourth-order valence-electron chi connectivity index (χ4n) is 0.890. The third-order valence-electron chi connectivity index (χ3n) is 1.55. The lowest BCUT2D eigenvalue weighted by molar-refractivity contribution is -0.139. The zero-order valence-electron chi connectivity index (χ0n) is 6.93. The van der Waals surface area contributed by atoms with Gasteiger partial charge in [0.25, 0.3) is 0 Å². The third kappa shape index (κ3) is 1.77. The van der Waals surface area contributed by atoms with Gasteiger partial charge in [-0.2, -0.15) is 0 Å². The van der Waals surface area contributed by atoms with Crippen LogP contribution in [0.3, 0.4) is 0 Å². The molecule has 1 heterocycles. The van der Waals surface area contributed by atoms with Gasteiger partial charge in [0.15, 0.2) is 0 Å². The number of tetrazole rings is 1. The number of nitrogens with zero attached hydrogens (tertiary/aromatic N) is 4. The Bertz CT molecular complexity index is 267. The number of aromatic nitrogens is 4. The van der Waals surface area contributed by atoms with Gasteiger partial charge < -0.3 is 5.11 Å². The van der Waals surface area contributed by atoms with Crippen molar-refractivity contribution in [3.8, 4) is 0 Å². The Labute approximate surface area is 69.2 Å². The highest BCUT2D eigenvalue weighted by molar-refractivity contribution is 5.67. The molecule has 0 radical (unpaired) electrons. The van der Waals surface area contributed by atoms with Crippen molar-refractivity contribution in [1.29, 1.82) is 0 Å². The predicted octanol–water partition coefficient (Wildman–Crippen LogP) is -0.117. The predicted molar refractivity (Wildman–Crippen MR) is 39.4 cm³/mol. The van der Waals surface area contributed by atoms with E-state index in [1.54, 1.807) is 13.8 Å². The first-order valence-corrected chi connectivity index (χ1v) is 3.47. The van der Waals surface area contributed by atoms with E-state index in [9.17, 15) is 4.79 Å². The molecule has 0 aromatic carbocycles. The van der Waals surface area contributed by atoms with E-state index in [1.165, 1.54) is 11.0 Å². The molecule has 0 saturated carbocycles. The summed E-state index contributed by atoms with van der Waals surface area (Å²) in [5.41, 5.74) is -0.574. The molecule has 6 nitrogen and oxygen atoms in total. The highest BCUT2D eigenvalue weighted by atomic mass is 16.4. The molecule has 0 atom stereocenters. The topological polar surface area (TPSA) is 80.9 Å². The normalized spacial score (nSPS) is 11.5. The van der Waals surface area contributed by atoms with Crippen molar-refractivity contribution in [2.75, 3.05) is 0 Å². The zero-order chi connectivity index (χ0) is 9.19. The summed E-state index contributed by atoms with van der Waals surface area (Å²) in [6.45, 7) is 3.52. The quantitative estimate of drug-likeness (QED) is 0.684. The standard InChI is InChI=1S/C6H10N4O2/c1-6(2,3-5(11)12)10-4-7-8-9-10/h4H,3H2,1-2H3,(H,11,12). The molecule has 0 spiro atoms. The molecule has 0 bridgehead atoms. The SMILES string of the molecule is CC(C)(CC(=O)O)n1cnnn1. The fraction of sp³-hybridized carbons (Fsp3) is 0.667. The first-order chi connectivity index (χ1) is 5.52. The van der Waals surface area contributed by atoms with E-state index in [1.807, 2.05) is 0 Å². The summed E-state index contributed by atoms with van der Waals surface area (Å²) in [6.07, 6.45) is 1.40. The van der Waals surface area contributed by atoms with Gasteiger partial charge in [0.05, 0.1) is 12.0 Å². The van der Waals surface area contributed by atoms with Crippen molar-refractivity contribution in [2.45, 2.75) is 25.8 Å². The maximum atomic E-state index is 10.4. The van der Waals surface area contributed by atoms with Crippen molar-refractivity contribution in [1.82, 2.24) is 20.2 Å².